The number of rotatable bonds is 5. The third kappa shape index (κ3) is 3.85. The van der Waals surface area contributed by atoms with Crippen molar-refractivity contribution in [3.63, 3.8) is 0 Å². The minimum absolute atomic E-state index is 0.0645. The summed E-state index contributed by atoms with van der Waals surface area (Å²) in [6.45, 7) is 4.18. The number of likely N-dealkylation sites (N-methyl/N-ethyl adjacent to an activating group) is 1. The minimum atomic E-state index is -0.450. The number of ether oxygens (including phenoxy) is 1. The Morgan fingerprint density at radius 1 is 1.39 bits per heavy atom. The number of nitrogens with zero attached hydrogens (tertiary/aromatic N) is 5. The van der Waals surface area contributed by atoms with Gasteiger partial charge in [-0.2, -0.15) is 10.2 Å². The van der Waals surface area contributed by atoms with Gasteiger partial charge in [0.15, 0.2) is 5.82 Å². The number of nitrogens with one attached hydrogen (secondary N) is 1. The molecule has 1 N–H and O–H groups in total. The highest BCUT2D eigenvalue weighted by Crippen LogP contribution is 2.37. The minimum Gasteiger partial charge on any atom is -0.492 e. The molecule has 2 heterocycles. The number of carbonyl (C=O) groups excluding carboxylic acids is 1. The Balaban J connectivity index is 1.39. The van der Waals surface area contributed by atoms with Gasteiger partial charge in [0.05, 0.1) is 17.9 Å². The first-order valence-electron chi connectivity index (χ1n) is 10.3. The summed E-state index contributed by atoms with van der Waals surface area (Å²) in [4.78, 5) is 25.3. The lowest BCUT2D eigenvalue weighted by Gasteiger charge is -2.41. The lowest BCUT2D eigenvalue weighted by molar-refractivity contribution is -0.117. The van der Waals surface area contributed by atoms with Gasteiger partial charge < -0.3 is 19.9 Å². The molecule has 162 valence electrons. The van der Waals surface area contributed by atoms with Gasteiger partial charge in [-0.1, -0.05) is 0 Å². The largest absolute Gasteiger partial charge is 0.492 e. The Bertz CT molecular complexity index is 1060. The molecule has 1 aromatic carbocycles. The van der Waals surface area contributed by atoms with Crippen molar-refractivity contribution >= 4 is 23.4 Å². The van der Waals surface area contributed by atoms with E-state index in [2.05, 4.69) is 15.2 Å². The Kier molecular flexibility index (Phi) is 5.39. The van der Waals surface area contributed by atoms with E-state index in [0.717, 1.165) is 24.4 Å². The van der Waals surface area contributed by atoms with Gasteiger partial charge in [0, 0.05) is 20.1 Å². The summed E-state index contributed by atoms with van der Waals surface area (Å²) in [5.74, 6) is 1.58. The second kappa shape index (κ2) is 8.02. The molecule has 9 heteroatoms. The molecule has 0 saturated heterocycles. The zero-order chi connectivity index (χ0) is 22.3. The molecule has 0 unspecified atom stereocenters. The zero-order valence-electron chi connectivity index (χ0n) is 18.0. The van der Waals surface area contributed by atoms with Crippen molar-refractivity contribution in [2.24, 2.45) is 5.92 Å². The van der Waals surface area contributed by atoms with Gasteiger partial charge in [0.2, 0.25) is 11.9 Å². The molecule has 4 rings (SSSR count). The van der Waals surface area contributed by atoms with Crippen molar-refractivity contribution in [1.82, 2.24) is 9.97 Å². The second-order valence-corrected chi connectivity index (χ2v) is 8.25. The summed E-state index contributed by atoms with van der Waals surface area (Å²) in [6, 6.07) is 5.92. The molecule has 8 nitrogen and oxygen atoms in total. The predicted molar refractivity (Wildman–Crippen MR) is 115 cm³/mol. The number of amides is 1. The SMILES string of the molecule is Cc1nc(N(C)[C@H]2C[C@@H](COc3ccc(F)cc3C#N)C2)nc2c1NC(=O)[C@H](C)N2C. The number of anilines is 3. The van der Waals surface area contributed by atoms with Crippen LogP contribution in [0, 0.1) is 30.0 Å². The van der Waals surface area contributed by atoms with Gasteiger partial charge in [-0.3, -0.25) is 4.79 Å². The van der Waals surface area contributed by atoms with E-state index in [0.29, 0.717) is 29.9 Å². The van der Waals surface area contributed by atoms with Gasteiger partial charge in [-0.25, -0.2) is 9.37 Å². The van der Waals surface area contributed by atoms with Crippen LogP contribution in [0.1, 0.15) is 31.0 Å². The van der Waals surface area contributed by atoms with Crippen molar-refractivity contribution in [2.45, 2.75) is 38.8 Å². The van der Waals surface area contributed by atoms with E-state index in [9.17, 15) is 9.18 Å². The molecule has 2 aliphatic rings. The topological polar surface area (TPSA) is 94.4 Å². The normalized spacial score (nSPS) is 22.1. The van der Waals surface area contributed by atoms with Crippen LogP contribution < -0.4 is 19.9 Å². The molecular weight excluding hydrogens is 399 g/mol. The van der Waals surface area contributed by atoms with Crippen molar-refractivity contribution in [1.29, 1.82) is 5.26 Å². The van der Waals surface area contributed by atoms with Gasteiger partial charge in [-0.05, 0) is 50.8 Å². The van der Waals surface area contributed by atoms with Crippen LogP contribution in [0.3, 0.4) is 0 Å². The van der Waals surface area contributed by atoms with E-state index < -0.39 is 5.82 Å². The van der Waals surface area contributed by atoms with Crippen LogP contribution in [0.15, 0.2) is 18.2 Å². The van der Waals surface area contributed by atoms with Crippen molar-refractivity contribution in [3.8, 4) is 11.8 Å². The third-order valence-electron chi connectivity index (χ3n) is 6.21. The first kappa shape index (κ1) is 20.8. The molecule has 1 aliphatic heterocycles. The van der Waals surface area contributed by atoms with E-state index in [4.69, 9.17) is 15.0 Å². The van der Waals surface area contributed by atoms with Crippen molar-refractivity contribution in [3.05, 3.63) is 35.3 Å². The van der Waals surface area contributed by atoms with Gasteiger partial charge >= 0.3 is 0 Å². The Hall–Kier alpha value is -3.41. The van der Waals surface area contributed by atoms with Crippen LogP contribution in [-0.2, 0) is 4.79 Å². The summed E-state index contributed by atoms with van der Waals surface area (Å²) in [5.41, 5.74) is 1.60. The van der Waals surface area contributed by atoms with Gasteiger partial charge in [-0.15, -0.1) is 0 Å². The fourth-order valence-corrected chi connectivity index (χ4v) is 3.93. The third-order valence-corrected chi connectivity index (χ3v) is 6.21. The summed E-state index contributed by atoms with van der Waals surface area (Å²) >= 11 is 0. The van der Waals surface area contributed by atoms with Crippen LogP contribution in [-0.4, -0.2) is 48.7 Å². The van der Waals surface area contributed by atoms with Crippen molar-refractivity contribution in [2.75, 3.05) is 35.8 Å². The van der Waals surface area contributed by atoms with Crippen LogP contribution >= 0.6 is 0 Å². The number of carbonyl (C=O) groups is 1. The van der Waals surface area contributed by atoms with E-state index >= 15 is 0 Å². The lowest BCUT2D eigenvalue weighted by Crippen LogP contribution is -2.47. The molecule has 1 atom stereocenters. The lowest BCUT2D eigenvalue weighted by atomic mass is 9.80. The number of nitriles is 1. The Morgan fingerprint density at radius 2 is 2.13 bits per heavy atom. The zero-order valence-corrected chi connectivity index (χ0v) is 18.0. The molecule has 0 spiro atoms. The van der Waals surface area contributed by atoms with Crippen LogP contribution in [0.25, 0.3) is 0 Å². The maximum atomic E-state index is 13.3. The number of aromatic nitrogens is 2. The second-order valence-electron chi connectivity index (χ2n) is 8.25. The Morgan fingerprint density at radius 3 is 2.84 bits per heavy atom. The average Bonchev–Trinajstić information content (AvgIpc) is 2.72. The number of benzene rings is 1. The molecular formula is C22H25FN6O2. The van der Waals surface area contributed by atoms with E-state index in [1.807, 2.05) is 38.9 Å². The average molecular weight is 424 g/mol. The van der Waals surface area contributed by atoms with Crippen molar-refractivity contribution < 1.29 is 13.9 Å². The van der Waals surface area contributed by atoms with Gasteiger partial charge in [0.1, 0.15) is 29.4 Å². The maximum Gasteiger partial charge on any atom is 0.246 e. The molecule has 1 aliphatic carbocycles. The monoisotopic (exact) mass is 424 g/mol. The first-order chi connectivity index (χ1) is 14.8. The fraction of sp³-hybridized carbons (Fsp3) is 0.455. The predicted octanol–water partition coefficient (Wildman–Crippen LogP) is 2.87. The van der Waals surface area contributed by atoms with Gasteiger partial charge in [0.25, 0.3) is 0 Å². The van der Waals surface area contributed by atoms with Crippen LogP contribution in [0.5, 0.6) is 5.75 Å². The summed E-state index contributed by atoms with van der Waals surface area (Å²) in [7, 11) is 3.83. The molecule has 1 aromatic heterocycles. The quantitative estimate of drug-likeness (QED) is 0.789. The molecule has 1 amide bonds. The number of hydrogen-bond donors (Lipinski definition) is 1. The standard InChI is InChI=1S/C22H25FN6O2/c1-12-19-20(28(3)13(2)21(30)26-19)27-22(25-12)29(4)17-7-14(8-17)11-31-18-6-5-16(23)9-15(18)10-24/h5-6,9,13-14,17H,7-8,11H2,1-4H3,(H,26,30)/t13-,14-,17+/m0/s1. The molecule has 2 aromatic rings. The highest BCUT2D eigenvalue weighted by molar-refractivity contribution is 6.03. The molecule has 31 heavy (non-hydrogen) atoms. The van der Waals surface area contributed by atoms with E-state index in [1.54, 1.807) is 0 Å². The summed E-state index contributed by atoms with van der Waals surface area (Å²) in [5, 5.41) is 12.0. The first-order valence-corrected chi connectivity index (χ1v) is 10.3. The van der Waals surface area contributed by atoms with E-state index in [1.165, 1.54) is 18.2 Å². The molecule has 1 saturated carbocycles. The molecule has 0 bridgehead atoms. The molecule has 1 fully saturated rings. The number of aryl methyl sites for hydroxylation is 1. The summed E-state index contributed by atoms with van der Waals surface area (Å²) in [6.07, 6.45) is 1.81. The molecule has 0 radical (unpaired) electrons. The Labute approximate surface area is 180 Å². The number of halogens is 1. The fourth-order valence-electron chi connectivity index (χ4n) is 3.93. The summed E-state index contributed by atoms with van der Waals surface area (Å²) < 4.78 is 19.0. The smallest absolute Gasteiger partial charge is 0.246 e. The van der Waals surface area contributed by atoms with Crippen LogP contribution in [0.2, 0.25) is 0 Å². The maximum absolute atomic E-state index is 13.3. The number of hydrogen-bond acceptors (Lipinski definition) is 7. The van der Waals surface area contributed by atoms with E-state index in [-0.39, 0.29) is 23.6 Å². The van der Waals surface area contributed by atoms with Crippen LogP contribution in [0.4, 0.5) is 21.8 Å². The highest BCUT2D eigenvalue weighted by Gasteiger charge is 2.35. The highest BCUT2D eigenvalue weighted by atomic mass is 19.1. The number of fused-ring (bicyclic) bond motifs is 1.